The van der Waals surface area contributed by atoms with Crippen LogP contribution in [-0.2, 0) is 0 Å². The molecular formula is C14H22N2. The van der Waals surface area contributed by atoms with Crippen molar-refractivity contribution in [3.8, 4) is 0 Å². The number of nitrogens with two attached hydrogens (primary N) is 1. The fourth-order valence-electron chi connectivity index (χ4n) is 2.15. The van der Waals surface area contributed by atoms with Crippen molar-refractivity contribution in [1.29, 1.82) is 0 Å². The van der Waals surface area contributed by atoms with Gasteiger partial charge in [-0.2, -0.15) is 0 Å². The summed E-state index contributed by atoms with van der Waals surface area (Å²) in [5.74, 6) is 0.913. The number of para-hydroxylation sites is 1. The first-order valence-corrected chi connectivity index (χ1v) is 6.28. The Morgan fingerprint density at radius 1 is 1.38 bits per heavy atom. The molecule has 0 saturated heterocycles. The molecule has 88 valence electrons. The van der Waals surface area contributed by atoms with Crippen LogP contribution in [0.4, 0.5) is 5.69 Å². The third kappa shape index (κ3) is 2.56. The molecule has 1 aliphatic carbocycles. The van der Waals surface area contributed by atoms with E-state index in [1.165, 1.54) is 30.6 Å². The lowest BCUT2D eigenvalue weighted by molar-refractivity contribution is 0.690. The summed E-state index contributed by atoms with van der Waals surface area (Å²) in [6, 6.07) is 8.70. The molecule has 2 N–H and O–H groups in total. The predicted molar refractivity (Wildman–Crippen MR) is 69.7 cm³/mol. The molecule has 1 aliphatic rings. The van der Waals surface area contributed by atoms with E-state index < -0.39 is 0 Å². The zero-order valence-corrected chi connectivity index (χ0v) is 10.3. The van der Waals surface area contributed by atoms with Crippen LogP contribution in [0.15, 0.2) is 24.3 Å². The number of rotatable bonds is 5. The number of hydrogen-bond donors (Lipinski definition) is 1. The van der Waals surface area contributed by atoms with Crippen LogP contribution in [0.25, 0.3) is 0 Å². The normalized spacial score (nSPS) is 17.2. The fourth-order valence-corrected chi connectivity index (χ4v) is 2.15. The molecule has 2 heteroatoms. The average molecular weight is 218 g/mol. The molecule has 1 saturated carbocycles. The van der Waals surface area contributed by atoms with Gasteiger partial charge in [-0.05, 0) is 36.8 Å². The van der Waals surface area contributed by atoms with Crippen LogP contribution in [0, 0.1) is 5.92 Å². The van der Waals surface area contributed by atoms with Crippen LogP contribution in [0.1, 0.15) is 37.8 Å². The van der Waals surface area contributed by atoms with Gasteiger partial charge in [0.2, 0.25) is 0 Å². The van der Waals surface area contributed by atoms with E-state index in [4.69, 9.17) is 5.73 Å². The molecule has 2 rings (SSSR count). The van der Waals surface area contributed by atoms with Crippen molar-refractivity contribution in [2.45, 2.75) is 32.2 Å². The second-order valence-corrected chi connectivity index (χ2v) is 4.90. The summed E-state index contributed by atoms with van der Waals surface area (Å²) in [4.78, 5) is 2.36. The van der Waals surface area contributed by atoms with E-state index >= 15 is 0 Å². The third-order valence-electron chi connectivity index (χ3n) is 3.42. The lowest BCUT2D eigenvalue weighted by Gasteiger charge is -2.24. The first-order valence-electron chi connectivity index (χ1n) is 6.28. The fraction of sp³-hybridized carbons (Fsp3) is 0.571. The standard InChI is InChI=1S/C14H22N2/c1-3-13(15)12-6-4-5-7-14(12)16(2)10-11-8-9-11/h4-7,11,13H,3,8-10,15H2,1-2H3/t13-/m0/s1. The largest absolute Gasteiger partial charge is 0.374 e. The summed E-state index contributed by atoms with van der Waals surface area (Å²) in [6.45, 7) is 3.32. The maximum atomic E-state index is 6.15. The molecule has 1 aromatic carbocycles. The molecular weight excluding hydrogens is 196 g/mol. The molecule has 0 amide bonds. The molecule has 0 bridgehead atoms. The Labute approximate surface area is 98.4 Å². The zero-order chi connectivity index (χ0) is 11.5. The molecule has 0 spiro atoms. The van der Waals surface area contributed by atoms with E-state index in [0.717, 1.165) is 12.3 Å². The topological polar surface area (TPSA) is 29.3 Å². The Morgan fingerprint density at radius 2 is 2.06 bits per heavy atom. The molecule has 0 unspecified atom stereocenters. The molecule has 1 atom stereocenters. The summed E-state index contributed by atoms with van der Waals surface area (Å²) in [6.07, 6.45) is 3.78. The smallest absolute Gasteiger partial charge is 0.0412 e. The first kappa shape index (κ1) is 11.5. The number of benzene rings is 1. The van der Waals surface area contributed by atoms with Crippen LogP contribution in [-0.4, -0.2) is 13.6 Å². The molecule has 0 aliphatic heterocycles. The summed E-state index contributed by atoms with van der Waals surface area (Å²) in [5.41, 5.74) is 8.75. The Balaban J connectivity index is 2.16. The number of nitrogens with zero attached hydrogens (tertiary/aromatic N) is 1. The van der Waals surface area contributed by atoms with Gasteiger partial charge in [0.15, 0.2) is 0 Å². The summed E-state index contributed by atoms with van der Waals surface area (Å²) < 4.78 is 0. The van der Waals surface area contributed by atoms with Crippen LogP contribution >= 0.6 is 0 Å². The zero-order valence-electron chi connectivity index (χ0n) is 10.3. The third-order valence-corrected chi connectivity index (χ3v) is 3.42. The highest BCUT2D eigenvalue weighted by Crippen LogP contribution is 2.33. The quantitative estimate of drug-likeness (QED) is 0.823. The number of anilines is 1. The minimum absolute atomic E-state index is 0.165. The highest BCUT2D eigenvalue weighted by molar-refractivity contribution is 5.54. The van der Waals surface area contributed by atoms with Crippen molar-refractivity contribution in [2.75, 3.05) is 18.5 Å². The van der Waals surface area contributed by atoms with Crippen LogP contribution in [0.5, 0.6) is 0 Å². The van der Waals surface area contributed by atoms with Gasteiger partial charge in [-0.1, -0.05) is 25.1 Å². The summed E-state index contributed by atoms with van der Waals surface area (Å²) in [5, 5.41) is 0. The van der Waals surface area contributed by atoms with Gasteiger partial charge in [-0.3, -0.25) is 0 Å². The second-order valence-electron chi connectivity index (χ2n) is 4.90. The summed E-state index contributed by atoms with van der Waals surface area (Å²) >= 11 is 0. The molecule has 0 heterocycles. The molecule has 1 aromatic rings. The van der Waals surface area contributed by atoms with Gasteiger partial charge in [0.25, 0.3) is 0 Å². The van der Waals surface area contributed by atoms with Crippen LogP contribution in [0.2, 0.25) is 0 Å². The van der Waals surface area contributed by atoms with Crippen LogP contribution < -0.4 is 10.6 Å². The van der Waals surface area contributed by atoms with Crippen molar-refractivity contribution in [3.05, 3.63) is 29.8 Å². The van der Waals surface area contributed by atoms with E-state index in [-0.39, 0.29) is 6.04 Å². The van der Waals surface area contributed by atoms with Gasteiger partial charge in [0.1, 0.15) is 0 Å². The second kappa shape index (κ2) is 4.88. The Hall–Kier alpha value is -1.02. The van der Waals surface area contributed by atoms with Gasteiger partial charge in [-0.25, -0.2) is 0 Å². The molecule has 1 fully saturated rings. The van der Waals surface area contributed by atoms with Crippen molar-refractivity contribution < 1.29 is 0 Å². The monoisotopic (exact) mass is 218 g/mol. The van der Waals surface area contributed by atoms with Crippen molar-refractivity contribution in [2.24, 2.45) is 11.7 Å². The molecule has 16 heavy (non-hydrogen) atoms. The van der Waals surface area contributed by atoms with E-state index in [2.05, 4.69) is 43.1 Å². The van der Waals surface area contributed by atoms with E-state index in [0.29, 0.717) is 0 Å². The van der Waals surface area contributed by atoms with E-state index in [1.807, 2.05) is 0 Å². The highest BCUT2D eigenvalue weighted by Gasteiger charge is 2.24. The SMILES string of the molecule is CC[C@H](N)c1ccccc1N(C)CC1CC1. The Bertz CT molecular complexity index is 344. The first-order chi connectivity index (χ1) is 7.72. The lowest BCUT2D eigenvalue weighted by atomic mass is 10.0. The van der Waals surface area contributed by atoms with Gasteiger partial charge >= 0.3 is 0 Å². The molecule has 0 radical (unpaired) electrons. The predicted octanol–water partition coefficient (Wildman–Crippen LogP) is 2.94. The van der Waals surface area contributed by atoms with Gasteiger partial charge in [0, 0.05) is 25.3 Å². The summed E-state index contributed by atoms with van der Waals surface area (Å²) in [7, 11) is 2.18. The number of hydrogen-bond acceptors (Lipinski definition) is 2. The van der Waals surface area contributed by atoms with Crippen LogP contribution in [0.3, 0.4) is 0 Å². The lowest BCUT2D eigenvalue weighted by Crippen LogP contribution is -2.23. The van der Waals surface area contributed by atoms with Gasteiger partial charge in [-0.15, -0.1) is 0 Å². The highest BCUT2D eigenvalue weighted by atomic mass is 15.1. The Morgan fingerprint density at radius 3 is 2.69 bits per heavy atom. The average Bonchev–Trinajstić information content (AvgIpc) is 3.12. The molecule has 0 aromatic heterocycles. The minimum atomic E-state index is 0.165. The van der Waals surface area contributed by atoms with Crippen molar-refractivity contribution >= 4 is 5.69 Å². The van der Waals surface area contributed by atoms with E-state index in [1.54, 1.807) is 0 Å². The Kier molecular flexibility index (Phi) is 3.49. The maximum absolute atomic E-state index is 6.15. The van der Waals surface area contributed by atoms with Gasteiger partial charge < -0.3 is 10.6 Å². The van der Waals surface area contributed by atoms with Crippen molar-refractivity contribution in [1.82, 2.24) is 0 Å². The van der Waals surface area contributed by atoms with Gasteiger partial charge in [0.05, 0.1) is 0 Å². The minimum Gasteiger partial charge on any atom is -0.374 e. The molecule has 2 nitrogen and oxygen atoms in total. The van der Waals surface area contributed by atoms with E-state index in [9.17, 15) is 0 Å². The van der Waals surface area contributed by atoms with Crippen molar-refractivity contribution in [3.63, 3.8) is 0 Å². The maximum Gasteiger partial charge on any atom is 0.0412 e.